The molecule has 1 heterocycles. The summed E-state index contributed by atoms with van der Waals surface area (Å²) in [7, 11) is 0. The highest BCUT2D eigenvalue weighted by Crippen LogP contribution is 2.32. The average Bonchev–Trinajstić information content (AvgIpc) is 2.04. The molecule has 1 saturated heterocycles. The van der Waals surface area contributed by atoms with Gasteiger partial charge in [0.1, 0.15) is 0 Å². The molecule has 1 aliphatic heterocycles. The van der Waals surface area contributed by atoms with Crippen molar-refractivity contribution in [3.8, 4) is 0 Å². The van der Waals surface area contributed by atoms with Gasteiger partial charge in [-0.1, -0.05) is 45.7 Å². The smallest absolute Gasteiger partial charge is 0.0596 e. The van der Waals surface area contributed by atoms with Gasteiger partial charge in [0.15, 0.2) is 0 Å². The second-order valence-corrected chi connectivity index (χ2v) is 7.48. The molecule has 0 aromatic carbocycles. The van der Waals surface area contributed by atoms with Crippen molar-refractivity contribution in [2.75, 3.05) is 13.2 Å². The molecule has 0 amide bonds. The maximum Gasteiger partial charge on any atom is 0.0596 e. The average molecular weight is 318 g/mol. The highest BCUT2D eigenvalue weighted by molar-refractivity contribution is 9.10. The van der Waals surface area contributed by atoms with Crippen LogP contribution in [-0.4, -0.2) is 33.4 Å². The molecule has 0 saturated carbocycles. The maximum absolute atomic E-state index is 5.54. The monoisotopic (exact) mass is 316 g/mol. The van der Waals surface area contributed by atoms with Gasteiger partial charge >= 0.3 is 0 Å². The fraction of sp³-hybridized carbons (Fsp3) is 1.00. The summed E-state index contributed by atoms with van der Waals surface area (Å²) >= 11 is 9.22. The van der Waals surface area contributed by atoms with Gasteiger partial charge in [0.2, 0.25) is 0 Å². The van der Waals surface area contributed by atoms with Crippen molar-refractivity contribution in [3.63, 3.8) is 0 Å². The van der Waals surface area contributed by atoms with E-state index in [1.165, 1.54) is 0 Å². The van der Waals surface area contributed by atoms with Crippen LogP contribution in [0.2, 0.25) is 0 Å². The molecule has 72 valence electrons. The van der Waals surface area contributed by atoms with Gasteiger partial charge in [-0.05, 0) is 0 Å². The highest BCUT2D eigenvalue weighted by atomic mass is 79.9. The molecule has 0 N–H and O–H groups in total. The van der Waals surface area contributed by atoms with Gasteiger partial charge < -0.3 is 4.74 Å². The van der Waals surface area contributed by atoms with Crippen molar-refractivity contribution in [1.82, 2.24) is 0 Å². The predicted molar refractivity (Wildman–Crippen MR) is 62.8 cm³/mol. The number of hydrogen-bond donors (Lipinski definition) is 0. The van der Waals surface area contributed by atoms with Crippen LogP contribution in [0.25, 0.3) is 0 Å². The first-order valence-corrected chi connectivity index (χ1v) is 6.90. The molecule has 1 fully saturated rings. The molecule has 0 bridgehead atoms. The summed E-state index contributed by atoms with van der Waals surface area (Å²) in [5.41, 5.74) is 0. The van der Waals surface area contributed by atoms with Crippen LogP contribution in [0.4, 0.5) is 0 Å². The maximum atomic E-state index is 5.54. The molecular weight excluding hydrogens is 304 g/mol. The minimum atomic E-state index is 0.538. The number of hydrogen-bond acceptors (Lipinski definition) is 2. The van der Waals surface area contributed by atoms with Crippen LogP contribution in [0.5, 0.6) is 0 Å². The lowest BCUT2D eigenvalue weighted by Gasteiger charge is -2.31. The zero-order valence-electron chi connectivity index (χ0n) is 7.30. The van der Waals surface area contributed by atoms with Gasteiger partial charge in [0, 0.05) is 20.2 Å². The zero-order valence-corrected chi connectivity index (χ0v) is 11.3. The van der Waals surface area contributed by atoms with E-state index in [-0.39, 0.29) is 0 Å². The van der Waals surface area contributed by atoms with E-state index in [4.69, 9.17) is 4.74 Å². The fourth-order valence-corrected chi connectivity index (χ4v) is 3.37. The number of halogens is 2. The molecule has 0 radical (unpaired) electrons. The Kier molecular flexibility index (Phi) is 4.94. The first kappa shape index (κ1) is 11.3. The van der Waals surface area contributed by atoms with E-state index in [1.54, 1.807) is 0 Å². The fourth-order valence-electron chi connectivity index (χ4n) is 1.09. The molecule has 4 atom stereocenters. The van der Waals surface area contributed by atoms with Crippen molar-refractivity contribution < 1.29 is 4.74 Å². The Morgan fingerprint density at radius 1 is 1.17 bits per heavy atom. The van der Waals surface area contributed by atoms with E-state index in [9.17, 15) is 0 Å². The molecule has 0 aliphatic carbocycles. The lowest BCUT2D eigenvalue weighted by molar-refractivity contribution is 0.127. The van der Waals surface area contributed by atoms with Gasteiger partial charge in [0.05, 0.1) is 13.2 Å². The number of ether oxygens (including phenoxy) is 1. The summed E-state index contributed by atoms with van der Waals surface area (Å²) in [5.74, 6) is 0. The van der Waals surface area contributed by atoms with Crippen molar-refractivity contribution >= 4 is 43.6 Å². The lowest BCUT2D eigenvalue weighted by atomic mass is 10.3. The van der Waals surface area contributed by atoms with Crippen molar-refractivity contribution in [2.24, 2.45) is 0 Å². The summed E-state index contributed by atoms with van der Waals surface area (Å²) in [4.78, 5) is 1.08. The summed E-state index contributed by atoms with van der Waals surface area (Å²) in [6, 6.07) is 0. The van der Waals surface area contributed by atoms with Crippen LogP contribution in [0.15, 0.2) is 0 Å². The Hall–Kier alpha value is 1.27. The standard InChI is InChI=1S/C8H14Br2OS/c1-5(9)7-3-11-4-8(12-7)6(2)10/h5-8H,3-4H2,1-2H3. The van der Waals surface area contributed by atoms with Gasteiger partial charge in [-0.3, -0.25) is 0 Å². The summed E-state index contributed by atoms with van der Waals surface area (Å²) in [5, 5.41) is 1.20. The van der Waals surface area contributed by atoms with Crippen LogP contribution in [0.1, 0.15) is 13.8 Å². The Bertz CT molecular complexity index is 127. The largest absolute Gasteiger partial charge is 0.379 e. The molecule has 0 spiro atoms. The number of alkyl halides is 2. The van der Waals surface area contributed by atoms with E-state index in [0.717, 1.165) is 13.2 Å². The normalized spacial score (nSPS) is 36.0. The quantitative estimate of drug-likeness (QED) is 0.724. The third-order valence-corrected chi connectivity index (χ3v) is 5.70. The van der Waals surface area contributed by atoms with Gasteiger partial charge in [-0.25, -0.2) is 0 Å². The number of thioether (sulfide) groups is 1. The Morgan fingerprint density at radius 2 is 1.58 bits per heavy atom. The van der Waals surface area contributed by atoms with Crippen LogP contribution in [0.3, 0.4) is 0 Å². The molecule has 1 rings (SSSR count). The summed E-state index contributed by atoms with van der Waals surface area (Å²) in [6.07, 6.45) is 0. The van der Waals surface area contributed by atoms with E-state index < -0.39 is 0 Å². The summed E-state index contributed by atoms with van der Waals surface area (Å²) < 4.78 is 5.54. The second-order valence-electron chi connectivity index (χ2n) is 3.11. The molecule has 4 unspecified atom stereocenters. The van der Waals surface area contributed by atoms with Gasteiger partial charge in [0.25, 0.3) is 0 Å². The van der Waals surface area contributed by atoms with Crippen LogP contribution < -0.4 is 0 Å². The first-order valence-electron chi connectivity index (χ1n) is 4.12. The number of rotatable bonds is 2. The first-order chi connectivity index (χ1) is 5.61. The van der Waals surface area contributed by atoms with Crippen LogP contribution in [0, 0.1) is 0 Å². The molecule has 0 aromatic heterocycles. The predicted octanol–water partition coefficient (Wildman–Crippen LogP) is 3.05. The lowest BCUT2D eigenvalue weighted by Crippen LogP contribution is -2.35. The molecule has 12 heavy (non-hydrogen) atoms. The minimum Gasteiger partial charge on any atom is -0.379 e. The third-order valence-electron chi connectivity index (χ3n) is 1.94. The van der Waals surface area contributed by atoms with E-state index in [0.29, 0.717) is 20.2 Å². The van der Waals surface area contributed by atoms with E-state index in [2.05, 4.69) is 45.7 Å². The Labute approximate surface area is 95.3 Å². The summed E-state index contributed by atoms with van der Waals surface area (Å²) in [6.45, 7) is 6.13. The van der Waals surface area contributed by atoms with Gasteiger partial charge in [-0.15, -0.1) is 11.8 Å². The molecule has 0 aromatic rings. The zero-order chi connectivity index (χ0) is 9.14. The topological polar surface area (TPSA) is 9.23 Å². The Balaban J connectivity index is 2.40. The van der Waals surface area contributed by atoms with Crippen molar-refractivity contribution in [3.05, 3.63) is 0 Å². The van der Waals surface area contributed by atoms with Gasteiger partial charge in [-0.2, -0.15) is 0 Å². The van der Waals surface area contributed by atoms with Crippen LogP contribution >= 0.6 is 43.6 Å². The third kappa shape index (κ3) is 3.20. The second kappa shape index (κ2) is 5.23. The Morgan fingerprint density at radius 3 is 1.92 bits per heavy atom. The molecule has 4 heteroatoms. The highest BCUT2D eigenvalue weighted by Gasteiger charge is 2.28. The minimum absolute atomic E-state index is 0.538. The SMILES string of the molecule is CC(Br)C1COCC(C(C)Br)S1. The van der Waals surface area contributed by atoms with Crippen LogP contribution in [-0.2, 0) is 4.74 Å². The molecule has 1 nitrogen and oxygen atoms in total. The van der Waals surface area contributed by atoms with E-state index in [1.807, 2.05) is 11.8 Å². The molecule has 1 aliphatic rings. The van der Waals surface area contributed by atoms with Crippen molar-refractivity contribution in [1.29, 1.82) is 0 Å². The van der Waals surface area contributed by atoms with Crippen molar-refractivity contribution in [2.45, 2.75) is 34.0 Å². The molecular formula is C8H14Br2OS. The van der Waals surface area contributed by atoms with E-state index >= 15 is 0 Å².